The maximum Gasteiger partial charge on any atom is 0.253 e. The lowest BCUT2D eigenvalue weighted by molar-refractivity contribution is 0.0850. The van der Waals surface area contributed by atoms with Crippen molar-refractivity contribution in [1.29, 1.82) is 0 Å². The van der Waals surface area contributed by atoms with Gasteiger partial charge in [0.1, 0.15) is 0 Å². The number of rotatable bonds is 6. The maximum absolute atomic E-state index is 12.3. The third-order valence-electron chi connectivity index (χ3n) is 3.67. The Kier molecular flexibility index (Phi) is 5.11. The zero-order valence-electron chi connectivity index (χ0n) is 12.4. The van der Waals surface area contributed by atoms with Crippen LogP contribution >= 0.6 is 0 Å². The molecule has 112 valence electrons. The van der Waals surface area contributed by atoms with Gasteiger partial charge >= 0.3 is 0 Å². The van der Waals surface area contributed by atoms with Crippen LogP contribution in [0.15, 0.2) is 42.7 Å². The topological polar surface area (TPSA) is 67.2 Å². The Morgan fingerprint density at radius 3 is 2.81 bits per heavy atom. The van der Waals surface area contributed by atoms with Gasteiger partial charge in [0.05, 0.1) is 17.4 Å². The second kappa shape index (κ2) is 7.04. The lowest BCUT2D eigenvalue weighted by Gasteiger charge is -2.18. The molecule has 0 aliphatic rings. The molecule has 5 nitrogen and oxygen atoms in total. The summed E-state index contributed by atoms with van der Waals surface area (Å²) in [7, 11) is 0. The van der Waals surface area contributed by atoms with Crippen LogP contribution in [0.4, 0.5) is 0 Å². The van der Waals surface area contributed by atoms with Gasteiger partial charge in [-0.25, -0.2) is 4.68 Å². The highest BCUT2D eigenvalue weighted by Gasteiger charge is 2.16. The van der Waals surface area contributed by atoms with Crippen molar-refractivity contribution < 1.29 is 9.90 Å². The molecule has 0 saturated heterocycles. The number of para-hydroxylation sites is 1. The Labute approximate surface area is 124 Å². The number of hydrogen-bond donors (Lipinski definition) is 2. The van der Waals surface area contributed by atoms with Gasteiger partial charge in [-0.05, 0) is 24.1 Å². The number of carbonyl (C=O) groups excluding carboxylic acids is 1. The molecule has 2 N–H and O–H groups in total. The van der Waals surface area contributed by atoms with E-state index in [2.05, 4.69) is 10.4 Å². The summed E-state index contributed by atoms with van der Waals surface area (Å²) in [5.41, 5.74) is 1.26. The van der Waals surface area contributed by atoms with Gasteiger partial charge in [0.15, 0.2) is 0 Å². The molecular weight excluding hydrogens is 266 g/mol. The molecular formula is C16H21N3O2. The predicted octanol–water partition coefficient (Wildman–Crippen LogP) is 2.01. The molecule has 0 fully saturated rings. The number of aliphatic hydroxyl groups is 1. The second-order valence-electron chi connectivity index (χ2n) is 5.13. The van der Waals surface area contributed by atoms with E-state index in [0.717, 1.165) is 12.1 Å². The molecule has 0 spiro atoms. The van der Waals surface area contributed by atoms with Crippen molar-refractivity contribution in [3.05, 3.63) is 48.3 Å². The van der Waals surface area contributed by atoms with Crippen molar-refractivity contribution >= 4 is 5.91 Å². The predicted molar refractivity (Wildman–Crippen MR) is 81.4 cm³/mol. The van der Waals surface area contributed by atoms with Crippen LogP contribution in [-0.4, -0.2) is 33.4 Å². The fraction of sp³-hybridized carbons (Fsp3) is 0.375. The largest absolute Gasteiger partial charge is 0.391 e. The van der Waals surface area contributed by atoms with E-state index in [0.29, 0.717) is 5.56 Å². The molecule has 21 heavy (non-hydrogen) atoms. The molecule has 2 atom stereocenters. The molecule has 1 aromatic carbocycles. The number of carbonyl (C=O) groups is 1. The van der Waals surface area contributed by atoms with E-state index in [-0.39, 0.29) is 18.4 Å². The molecule has 1 aromatic heterocycles. The molecule has 0 aliphatic carbocycles. The van der Waals surface area contributed by atoms with Crippen molar-refractivity contribution in [3.8, 4) is 5.69 Å². The first-order chi connectivity index (χ1) is 10.1. The van der Waals surface area contributed by atoms with Crippen molar-refractivity contribution in [1.82, 2.24) is 15.1 Å². The number of benzene rings is 1. The minimum Gasteiger partial charge on any atom is -0.391 e. The normalized spacial score (nSPS) is 13.7. The summed E-state index contributed by atoms with van der Waals surface area (Å²) in [5.74, 6) is -0.0462. The summed E-state index contributed by atoms with van der Waals surface area (Å²) in [6.45, 7) is 4.23. The van der Waals surface area contributed by atoms with Gasteiger partial charge in [0.2, 0.25) is 0 Å². The Morgan fingerprint density at radius 1 is 1.38 bits per heavy atom. The first-order valence-electron chi connectivity index (χ1n) is 7.18. The summed E-state index contributed by atoms with van der Waals surface area (Å²) in [5, 5.41) is 16.9. The van der Waals surface area contributed by atoms with Crippen LogP contribution in [-0.2, 0) is 0 Å². The zero-order chi connectivity index (χ0) is 15.2. The molecule has 1 amide bonds. The van der Waals surface area contributed by atoms with E-state index in [1.54, 1.807) is 29.2 Å². The SMILES string of the molecule is CCC(C)C(O)CNC(=O)c1ccccc1-n1cccn1. The number of hydrogen-bond acceptors (Lipinski definition) is 3. The first kappa shape index (κ1) is 15.3. The van der Waals surface area contributed by atoms with Crippen LogP contribution in [0.3, 0.4) is 0 Å². The summed E-state index contributed by atoms with van der Waals surface area (Å²) in [6.07, 6.45) is 3.80. The van der Waals surface area contributed by atoms with Crippen molar-refractivity contribution in [2.24, 2.45) is 5.92 Å². The highest BCUT2D eigenvalue weighted by molar-refractivity contribution is 5.97. The molecule has 2 rings (SSSR count). The van der Waals surface area contributed by atoms with Gasteiger partial charge in [-0.3, -0.25) is 4.79 Å². The highest BCUT2D eigenvalue weighted by Crippen LogP contribution is 2.13. The minimum absolute atomic E-state index is 0.159. The van der Waals surface area contributed by atoms with Crippen LogP contribution in [0.2, 0.25) is 0 Å². The van der Waals surface area contributed by atoms with Gasteiger partial charge in [0, 0.05) is 18.9 Å². The number of aromatic nitrogens is 2. The van der Waals surface area contributed by atoms with E-state index < -0.39 is 6.10 Å². The molecule has 0 radical (unpaired) electrons. The standard InChI is InChI=1S/C16H21N3O2/c1-3-12(2)15(20)11-17-16(21)13-7-4-5-8-14(13)19-10-6-9-18-19/h4-10,12,15,20H,3,11H2,1-2H3,(H,17,21). The van der Waals surface area contributed by atoms with E-state index in [1.807, 2.05) is 32.0 Å². The van der Waals surface area contributed by atoms with Gasteiger partial charge < -0.3 is 10.4 Å². The van der Waals surface area contributed by atoms with E-state index >= 15 is 0 Å². The quantitative estimate of drug-likeness (QED) is 0.854. The first-order valence-corrected chi connectivity index (χ1v) is 7.18. The highest BCUT2D eigenvalue weighted by atomic mass is 16.3. The number of amides is 1. The Bertz CT molecular complexity index is 581. The van der Waals surface area contributed by atoms with Crippen molar-refractivity contribution in [3.63, 3.8) is 0 Å². The van der Waals surface area contributed by atoms with Gasteiger partial charge in [-0.15, -0.1) is 0 Å². The smallest absolute Gasteiger partial charge is 0.253 e. The van der Waals surface area contributed by atoms with Crippen LogP contribution in [0.25, 0.3) is 5.69 Å². The molecule has 0 aliphatic heterocycles. The number of aliphatic hydroxyl groups excluding tert-OH is 1. The van der Waals surface area contributed by atoms with Crippen LogP contribution in [0.1, 0.15) is 30.6 Å². The lowest BCUT2D eigenvalue weighted by Crippen LogP contribution is -2.35. The Morgan fingerprint density at radius 2 is 2.14 bits per heavy atom. The van der Waals surface area contributed by atoms with Crippen LogP contribution in [0.5, 0.6) is 0 Å². The maximum atomic E-state index is 12.3. The Balaban J connectivity index is 2.10. The van der Waals surface area contributed by atoms with Crippen molar-refractivity contribution in [2.45, 2.75) is 26.4 Å². The van der Waals surface area contributed by atoms with Crippen LogP contribution in [0, 0.1) is 5.92 Å². The third kappa shape index (κ3) is 3.70. The molecule has 1 heterocycles. The third-order valence-corrected chi connectivity index (χ3v) is 3.67. The average molecular weight is 287 g/mol. The molecule has 0 saturated carbocycles. The van der Waals surface area contributed by atoms with E-state index in [1.165, 1.54) is 0 Å². The summed E-state index contributed by atoms with van der Waals surface area (Å²) in [4.78, 5) is 12.3. The van der Waals surface area contributed by atoms with Gasteiger partial charge in [-0.1, -0.05) is 32.4 Å². The fourth-order valence-electron chi connectivity index (χ4n) is 2.04. The Hall–Kier alpha value is -2.14. The van der Waals surface area contributed by atoms with Crippen LogP contribution < -0.4 is 5.32 Å². The molecule has 2 unspecified atom stereocenters. The number of nitrogens with one attached hydrogen (secondary N) is 1. The minimum atomic E-state index is -0.532. The molecule has 2 aromatic rings. The summed E-state index contributed by atoms with van der Waals surface area (Å²) >= 11 is 0. The number of nitrogens with zero attached hydrogens (tertiary/aromatic N) is 2. The van der Waals surface area contributed by atoms with Crippen molar-refractivity contribution in [2.75, 3.05) is 6.54 Å². The van der Waals surface area contributed by atoms with Gasteiger partial charge in [0.25, 0.3) is 5.91 Å². The summed E-state index contributed by atoms with van der Waals surface area (Å²) < 4.78 is 1.65. The van der Waals surface area contributed by atoms with E-state index in [9.17, 15) is 9.90 Å². The van der Waals surface area contributed by atoms with Gasteiger partial charge in [-0.2, -0.15) is 5.10 Å². The van der Waals surface area contributed by atoms with E-state index in [4.69, 9.17) is 0 Å². The second-order valence-corrected chi connectivity index (χ2v) is 5.13. The molecule has 5 heteroatoms. The zero-order valence-corrected chi connectivity index (χ0v) is 12.4. The average Bonchev–Trinajstić information content (AvgIpc) is 3.05. The molecule has 0 bridgehead atoms. The summed E-state index contributed by atoms with van der Waals surface area (Å²) in [6, 6.07) is 9.07. The monoisotopic (exact) mass is 287 g/mol. The lowest BCUT2D eigenvalue weighted by atomic mass is 10.0. The fourth-order valence-corrected chi connectivity index (χ4v) is 2.04.